The number of benzene rings is 1. The van der Waals surface area contributed by atoms with Gasteiger partial charge in [0.1, 0.15) is 11.6 Å². The zero-order chi connectivity index (χ0) is 18.0. The molecule has 0 saturated heterocycles. The van der Waals surface area contributed by atoms with Crippen molar-refractivity contribution in [1.29, 1.82) is 0 Å². The first kappa shape index (κ1) is 17.5. The van der Waals surface area contributed by atoms with E-state index in [-0.39, 0.29) is 0 Å². The van der Waals surface area contributed by atoms with Crippen molar-refractivity contribution in [3.8, 4) is 5.75 Å². The van der Waals surface area contributed by atoms with Gasteiger partial charge >= 0.3 is 0 Å². The van der Waals surface area contributed by atoms with Crippen LogP contribution in [0.25, 0.3) is 21.8 Å². The summed E-state index contributed by atoms with van der Waals surface area (Å²) < 4.78 is 7.73. The molecule has 0 aliphatic carbocycles. The van der Waals surface area contributed by atoms with E-state index in [4.69, 9.17) is 9.72 Å². The van der Waals surface area contributed by atoms with E-state index >= 15 is 0 Å². The predicted molar refractivity (Wildman–Crippen MR) is 106 cm³/mol. The molecular weight excluding hydrogens is 312 g/mol. The molecule has 0 saturated carbocycles. The minimum atomic E-state index is 0.878. The SMILES string of the molecule is CCNCCN(CC)c1ncc(C)c2c1c1cc(OC)ccc1n2C. The van der Waals surface area contributed by atoms with Crippen molar-refractivity contribution in [3.05, 3.63) is 30.0 Å². The summed E-state index contributed by atoms with van der Waals surface area (Å²) in [5.74, 6) is 1.93. The first-order valence-electron chi connectivity index (χ1n) is 8.99. The Morgan fingerprint density at radius 3 is 2.76 bits per heavy atom. The van der Waals surface area contributed by atoms with Crippen LogP contribution in [0.4, 0.5) is 5.82 Å². The van der Waals surface area contributed by atoms with E-state index in [1.165, 1.54) is 27.4 Å². The Morgan fingerprint density at radius 1 is 1.28 bits per heavy atom. The van der Waals surface area contributed by atoms with Crippen molar-refractivity contribution < 1.29 is 4.74 Å². The van der Waals surface area contributed by atoms with E-state index in [9.17, 15) is 0 Å². The number of pyridine rings is 1. The fourth-order valence-corrected chi connectivity index (χ4v) is 3.57. The van der Waals surface area contributed by atoms with Gasteiger partial charge in [-0.05, 0) is 44.2 Å². The van der Waals surface area contributed by atoms with Gasteiger partial charge < -0.3 is 19.5 Å². The van der Waals surface area contributed by atoms with Crippen molar-refractivity contribution in [1.82, 2.24) is 14.9 Å². The van der Waals surface area contributed by atoms with Gasteiger partial charge in [0.2, 0.25) is 0 Å². The summed E-state index contributed by atoms with van der Waals surface area (Å²) in [6, 6.07) is 6.28. The van der Waals surface area contributed by atoms with Crippen LogP contribution in [0.5, 0.6) is 5.75 Å². The van der Waals surface area contributed by atoms with Gasteiger partial charge in [0.15, 0.2) is 0 Å². The molecule has 0 aliphatic heterocycles. The van der Waals surface area contributed by atoms with Crippen molar-refractivity contribution in [3.63, 3.8) is 0 Å². The summed E-state index contributed by atoms with van der Waals surface area (Å²) in [5.41, 5.74) is 3.64. The smallest absolute Gasteiger partial charge is 0.138 e. The Morgan fingerprint density at radius 2 is 2.08 bits per heavy atom. The number of anilines is 1. The fraction of sp³-hybridized carbons (Fsp3) is 0.450. The summed E-state index contributed by atoms with van der Waals surface area (Å²) in [6.07, 6.45) is 1.99. The first-order valence-corrected chi connectivity index (χ1v) is 8.99. The number of hydrogen-bond donors (Lipinski definition) is 1. The van der Waals surface area contributed by atoms with E-state index in [1.807, 2.05) is 12.3 Å². The minimum absolute atomic E-state index is 0.878. The van der Waals surface area contributed by atoms with Gasteiger partial charge in [-0.2, -0.15) is 0 Å². The lowest BCUT2D eigenvalue weighted by molar-refractivity contribution is 0.415. The van der Waals surface area contributed by atoms with Crippen LogP contribution in [-0.2, 0) is 7.05 Å². The van der Waals surface area contributed by atoms with Crippen molar-refractivity contribution in [2.75, 3.05) is 38.2 Å². The molecule has 5 nitrogen and oxygen atoms in total. The number of nitrogens with one attached hydrogen (secondary N) is 1. The Kier molecular flexibility index (Phi) is 5.13. The molecule has 5 heteroatoms. The zero-order valence-corrected chi connectivity index (χ0v) is 15.9. The molecule has 25 heavy (non-hydrogen) atoms. The highest BCUT2D eigenvalue weighted by Gasteiger charge is 2.19. The number of nitrogens with zero attached hydrogens (tertiary/aromatic N) is 3. The topological polar surface area (TPSA) is 42.3 Å². The third-order valence-electron chi connectivity index (χ3n) is 4.87. The number of rotatable bonds is 7. The van der Waals surface area contributed by atoms with Crippen LogP contribution in [0.1, 0.15) is 19.4 Å². The van der Waals surface area contributed by atoms with Crippen LogP contribution < -0.4 is 15.0 Å². The highest BCUT2D eigenvalue weighted by molar-refractivity contribution is 6.14. The maximum absolute atomic E-state index is 5.46. The normalized spacial score (nSPS) is 11.4. The standard InChI is InChI=1S/C20H28N4O/c1-6-21-10-11-24(7-2)20-18-16-12-15(25-5)8-9-17(16)23(4)19(18)14(3)13-22-20/h8-9,12-13,21H,6-7,10-11H2,1-5H3. The highest BCUT2D eigenvalue weighted by atomic mass is 16.5. The number of aryl methyl sites for hydroxylation is 2. The lowest BCUT2D eigenvalue weighted by Gasteiger charge is -2.23. The predicted octanol–water partition coefficient (Wildman–Crippen LogP) is 3.48. The third-order valence-corrected chi connectivity index (χ3v) is 4.87. The van der Waals surface area contributed by atoms with Crippen molar-refractivity contribution >= 4 is 27.6 Å². The summed E-state index contributed by atoms with van der Waals surface area (Å²) in [4.78, 5) is 7.17. The van der Waals surface area contributed by atoms with Gasteiger partial charge in [0.05, 0.1) is 18.0 Å². The van der Waals surface area contributed by atoms with E-state index in [0.29, 0.717) is 0 Å². The zero-order valence-electron chi connectivity index (χ0n) is 15.9. The maximum Gasteiger partial charge on any atom is 0.138 e. The van der Waals surface area contributed by atoms with Gasteiger partial charge in [-0.3, -0.25) is 0 Å². The van der Waals surface area contributed by atoms with Crippen molar-refractivity contribution in [2.45, 2.75) is 20.8 Å². The molecule has 0 aliphatic rings. The van der Waals surface area contributed by atoms with Gasteiger partial charge in [-0.1, -0.05) is 6.92 Å². The Labute approximate surface area is 149 Å². The van der Waals surface area contributed by atoms with Crippen LogP contribution in [0.15, 0.2) is 24.4 Å². The third kappa shape index (κ3) is 3.04. The summed E-state index contributed by atoms with van der Waals surface area (Å²) in [5, 5.41) is 5.82. The molecule has 0 unspecified atom stereocenters. The molecule has 0 amide bonds. The molecule has 0 spiro atoms. The molecule has 0 bridgehead atoms. The molecule has 134 valence electrons. The molecule has 0 fully saturated rings. The molecule has 2 heterocycles. The summed E-state index contributed by atoms with van der Waals surface area (Å²) >= 11 is 0. The molecule has 3 aromatic rings. The molecule has 1 aromatic carbocycles. The van der Waals surface area contributed by atoms with E-state index in [0.717, 1.165) is 37.7 Å². The quantitative estimate of drug-likeness (QED) is 0.669. The van der Waals surface area contributed by atoms with Crippen LogP contribution >= 0.6 is 0 Å². The van der Waals surface area contributed by atoms with Crippen LogP contribution in [0, 0.1) is 6.92 Å². The molecule has 1 N–H and O–H groups in total. The van der Waals surface area contributed by atoms with Gasteiger partial charge in [0.25, 0.3) is 0 Å². The second-order valence-electron chi connectivity index (χ2n) is 6.36. The Bertz CT molecular complexity index is 884. The van der Waals surface area contributed by atoms with Crippen molar-refractivity contribution in [2.24, 2.45) is 7.05 Å². The number of fused-ring (bicyclic) bond motifs is 3. The first-order chi connectivity index (χ1) is 12.1. The van der Waals surface area contributed by atoms with E-state index in [1.54, 1.807) is 7.11 Å². The molecular formula is C20H28N4O. The molecule has 0 atom stereocenters. The lowest BCUT2D eigenvalue weighted by Crippen LogP contribution is -2.32. The molecule has 2 aromatic heterocycles. The highest BCUT2D eigenvalue weighted by Crippen LogP contribution is 2.37. The van der Waals surface area contributed by atoms with Gasteiger partial charge in [-0.15, -0.1) is 0 Å². The molecule has 0 radical (unpaired) electrons. The van der Waals surface area contributed by atoms with Crippen LogP contribution in [-0.4, -0.2) is 42.8 Å². The van der Waals surface area contributed by atoms with E-state index < -0.39 is 0 Å². The lowest BCUT2D eigenvalue weighted by atomic mass is 10.1. The second kappa shape index (κ2) is 7.31. The largest absolute Gasteiger partial charge is 0.497 e. The fourth-order valence-electron chi connectivity index (χ4n) is 3.57. The number of aromatic nitrogens is 2. The average Bonchev–Trinajstić information content (AvgIpc) is 2.93. The van der Waals surface area contributed by atoms with Crippen LogP contribution in [0.3, 0.4) is 0 Å². The Hall–Kier alpha value is -2.27. The van der Waals surface area contributed by atoms with Gasteiger partial charge in [0, 0.05) is 43.8 Å². The number of likely N-dealkylation sites (N-methyl/N-ethyl adjacent to an activating group) is 2. The molecule has 3 rings (SSSR count). The number of ether oxygens (including phenoxy) is 1. The maximum atomic E-state index is 5.46. The number of hydrogen-bond acceptors (Lipinski definition) is 4. The second-order valence-corrected chi connectivity index (χ2v) is 6.36. The monoisotopic (exact) mass is 340 g/mol. The van der Waals surface area contributed by atoms with E-state index in [2.05, 4.69) is 54.7 Å². The van der Waals surface area contributed by atoms with Crippen LogP contribution in [0.2, 0.25) is 0 Å². The average molecular weight is 340 g/mol. The Balaban J connectivity index is 2.25. The summed E-state index contributed by atoms with van der Waals surface area (Å²) in [6.45, 7) is 10.3. The number of methoxy groups -OCH3 is 1. The van der Waals surface area contributed by atoms with Gasteiger partial charge in [-0.25, -0.2) is 4.98 Å². The summed E-state index contributed by atoms with van der Waals surface area (Å²) in [7, 11) is 3.84. The minimum Gasteiger partial charge on any atom is -0.497 e.